The lowest BCUT2D eigenvalue weighted by Crippen LogP contribution is -2.58. The van der Waals surface area contributed by atoms with Crippen LogP contribution < -0.4 is 4.90 Å². The minimum Gasteiger partial charge on any atom is -0.348 e. The van der Waals surface area contributed by atoms with E-state index in [0.29, 0.717) is 0 Å². The molecule has 0 aromatic carbocycles. The lowest BCUT2D eigenvalue weighted by Gasteiger charge is -2.45. The fourth-order valence-corrected chi connectivity index (χ4v) is 4.72. The number of aromatic nitrogens is 4. The number of aryl methyl sites for hydroxylation is 1. The van der Waals surface area contributed by atoms with Crippen molar-refractivity contribution in [3.05, 3.63) is 36.4 Å². The maximum atomic E-state index is 13.3. The predicted molar refractivity (Wildman–Crippen MR) is 102 cm³/mol. The minimum absolute atomic E-state index is 0.0835. The Hall–Kier alpha value is -2.48. The molecule has 0 unspecified atom stereocenters. The zero-order valence-corrected chi connectivity index (χ0v) is 16.2. The van der Waals surface area contributed by atoms with Crippen molar-refractivity contribution in [2.24, 2.45) is 12.5 Å². The molecule has 1 amide bonds. The summed E-state index contributed by atoms with van der Waals surface area (Å²) >= 11 is 0. The molecule has 2 saturated heterocycles. The summed E-state index contributed by atoms with van der Waals surface area (Å²) < 4.78 is 1.82. The molecule has 0 spiro atoms. The highest BCUT2D eigenvalue weighted by atomic mass is 16.2. The highest BCUT2D eigenvalue weighted by Gasteiger charge is 2.56. The fourth-order valence-electron chi connectivity index (χ4n) is 4.72. The van der Waals surface area contributed by atoms with Gasteiger partial charge in [0, 0.05) is 71.5 Å². The van der Waals surface area contributed by atoms with Gasteiger partial charge in [-0.2, -0.15) is 5.10 Å². The number of amides is 1. The van der Waals surface area contributed by atoms with Crippen molar-refractivity contribution >= 4 is 11.9 Å². The van der Waals surface area contributed by atoms with E-state index < -0.39 is 5.41 Å². The molecule has 27 heavy (non-hydrogen) atoms. The summed E-state index contributed by atoms with van der Waals surface area (Å²) in [5.74, 6) is 0.933. The van der Waals surface area contributed by atoms with Crippen LogP contribution in [0.15, 0.2) is 30.9 Å². The van der Waals surface area contributed by atoms with E-state index in [1.165, 1.54) is 5.56 Å². The van der Waals surface area contributed by atoms with E-state index in [1.54, 1.807) is 17.3 Å². The molecule has 4 rings (SSSR count). The molecule has 2 aromatic rings. The Morgan fingerprint density at radius 3 is 2.78 bits per heavy atom. The zero-order valence-electron chi connectivity index (χ0n) is 16.2. The van der Waals surface area contributed by atoms with Crippen molar-refractivity contribution in [2.75, 3.05) is 38.6 Å². The molecule has 0 N–H and O–H groups in total. The van der Waals surface area contributed by atoms with E-state index >= 15 is 0 Å². The van der Waals surface area contributed by atoms with Gasteiger partial charge in [0.05, 0.1) is 17.7 Å². The lowest BCUT2D eigenvalue weighted by atomic mass is 9.74. The standard InChI is InChI=1S/C19H27N7O/c1-23(2)17(27)19-6-4-9-26(18-20-7-5-8-21-18)16(19)13-25(14-19)12-15-10-22-24(3)11-15/h5,7-8,10-11,16H,4,6,9,12-14H2,1-3H3/t16-,19-/m1/s1. The van der Waals surface area contributed by atoms with Crippen LogP contribution in [0.25, 0.3) is 0 Å². The quantitative estimate of drug-likeness (QED) is 0.793. The number of hydrogen-bond acceptors (Lipinski definition) is 6. The van der Waals surface area contributed by atoms with Gasteiger partial charge in [0.1, 0.15) is 0 Å². The van der Waals surface area contributed by atoms with Crippen LogP contribution in [0.3, 0.4) is 0 Å². The van der Waals surface area contributed by atoms with Gasteiger partial charge in [0.25, 0.3) is 0 Å². The van der Waals surface area contributed by atoms with Crippen LogP contribution in [0.2, 0.25) is 0 Å². The molecule has 0 saturated carbocycles. The molecule has 4 heterocycles. The Morgan fingerprint density at radius 2 is 2.11 bits per heavy atom. The number of carbonyl (C=O) groups is 1. The fraction of sp³-hybridized carbons (Fsp3) is 0.579. The van der Waals surface area contributed by atoms with Crippen LogP contribution in [0.4, 0.5) is 5.95 Å². The first-order valence-corrected chi connectivity index (χ1v) is 9.45. The van der Waals surface area contributed by atoms with Crippen molar-refractivity contribution in [3.8, 4) is 0 Å². The Morgan fingerprint density at radius 1 is 1.33 bits per heavy atom. The molecule has 2 fully saturated rings. The van der Waals surface area contributed by atoms with Crippen LogP contribution in [-0.4, -0.2) is 75.2 Å². The van der Waals surface area contributed by atoms with Crippen LogP contribution in [0, 0.1) is 5.41 Å². The molecule has 0 aliphatic carbocycles. The molecule has 0 bridgehead atoms. The first-order valence-electron chi connectivity index (χ1n) is 9.45. The SMILES string of the molecule is CN(C)C(=O)[C@@]12CCCN(c3ncccn3)[C@@H]1CN(Cc1cnn(C)c1)C2. The predicted octanol–water partition coefficient (Wildman–Crippen LogP) is 0.769. The van der Waals surface area contributed by atoms with E-state index in [1.807, 2.05) is 44.3 Å². The third-order valence-electron chi connectivity index (χ3n) is 5.78. The Balaban J connectivity index is 1.66. The number of nitrogens with zero attached hydrogens (tertiary/aromatic N) is 7. The van der Waals surface area contributed by atoms with Gasteiger partial charge in [-0.05, 0) is 18.9 Å². The minimum atomic E-state index is -0.414. The molecule has 2 aliphatic rings. The number of carbonyl (C=O) groups excluding carboxylic acids is 1. The average molecular weight is 369 g/mol. The van der Waals surface area contributed by atoms with Gasteiger partial charge in [-0.15, -0.1) is 0 Å². The van der Waals surface area contributed by atoms with Crippen LogP contribution >= 0.6 is 0 Å². The molecule has 8 nitrogen and oxygen atoms in total. The normalized spacial score (nSPS) is 25.4. The highest BCUT2D eigenvalue weighted by molar-refractivity contribution is 5.85. The van der Waals surface area contributed by atoms with Crippen LogP contribution in [-0.2, 0) is 18.4 Å². The molecule has 2 atom stereocenters. The largest absolute Gasteiger partial charge is 0.348 e. The summed E-state index contributed by atoms with van der Waals surface area (Å²) in [7, 11) is 5.64. The summed E-state index contributed by atoms with van der Waals surface area (Å²) in [4.78, 5) is 28.6. The van der Waals surface area contributed by atoms with E-state index in [9.17, 15) is 4.79 Å². The molecule has 8 heteroatoms. The van der Waals surface area contributed by atoms with E-state index in [2.05, 4.69) is 24.9 Å². The molecule has 144 valence electrons. The maximum Gasteiger partial charge on any atom is 0.231 e. The number of rotatable bonds is 4. The van der Waals surface area contributed by atoms with Gasteiger partial charge in [-0.25, -0.2) is 9.97 Å². The summed E-state index contributed by atoms with van der Waals surface area (Å²) in [5.41, 5.74) is 0.759. The second-order valence-electron chi connectivity index (χ2n) is 7.91. The summed E-state index contributed by atoms with van der Waals surface area (Å²) in [6.07, 6.45) is 9.36. The molecule has 0 radical (unpaired) electrons. The van der Waals surface area contributed by atoms with E-state index in [-0.39, 0.29) is 11.9 Å². The van der Waals surface area contributed by atoms with E-state index in [4.69, 9.17) is 0 Å². The van der Waals surface area contributed by atoms with Crippen LogP contribution in [0.5, 0.6) is 0 Å². The van der Waals surface area contributed by atoms with Gasteiger partial charge in [0.2, 0.25) is 11.9 Å². The van der Waals surface area contributed by atoms with Crippen molar-refractivity contribution in [1.29, 1.82) is 0 Å². The zero-order chi connectivity index (χ0) is 19.0. The average Bonchev–Trinajstić information content (AvgIpc) is 3.25. The lowest BCUT2D eigenvalue weighted by molar-refractivity contribution is -0.140. The Bertz CT molecular complexity index is 805. The summed E-state index contributed by atoms with van der Waals surface area (Å²) in [6.45, 7) is 3.27. The Kier molecular flexibility index (Phi) is 4.59. The molecular weight excluding hydrogens is 342 g/mol. The monoisotopic (exact) mass is 369 g/mol. The van der Waals surface area contributed by atoms with Gasteiger partial charge >= 0.3 is 0 Å². The van der Waals surface area contributed by atoms with Crippen molar-refractivity contribution in [2.45, 2.75) is 25.4 Å². The molecular formula is C19H27N7O. The second kappa shape index (κ2) is 6.92. The number of hydrogen-bond donors (Lipinski definition) is 0. The first kappa shape index (κ1) is 17.9. The van der Waals surface area contributed by atoms with Gasteiger partial charge in [-0.1, -0.05) is 0 Å². The van der Waals surface area contributed by atoms with Crippen LogP contribution in [0.1, 0.15) is 18.4 Å². The number of anilines is 1. The molecule has 2 aromatic heterocycles. The Labute approximate surface area is 159 Å². The maximum absolute atomic E-state index is 13.3. The van der Waals surface area contributed by atoms with E-state index in [0.717, 1.165) is 45.0 Å². The number of piperidine rings is 1. The molecule has 2 aliphatic heterocycles. The number of likely N-dealkylation sites (tertiary alicyclic amines) is 1. The van der Waals surface area contributed by atoms with Crippen molar-refractivity contribution in [1.82, 2.24) is 29.5 Å². The van der Waals surface area contributed by atoms with Gasteiger partial charge in [-0.3, -0.25) is 14.4 Å². The summed E-state index contributed by atoms with van der Waals surface area (Å²) in [5, 5.41) is 4.28. The highest BCUT2D eigenvalue weighted by Crippen LogP contribution is 2.44. The number of fused-ring (bicyclic) bond motifs is 1. The summed E-state index contributed by atoms with van der Waals surface area (Å²) in [6, 6.07) is 1.91. The third kappa shape index (κ3) is 3.18. The smallest absolute Gasteiger partial charge is 0.231 e. The van der Waals surface area contributed by atoms with Crippen molar-refractivity contribution in [3.63, 3.8) is 0 Å². The van der Waals surface area contributed by atoms with Gasteiger partial charge in [0.15, 0.2) is 0 Å². The third-order valence-corrected chi connectivity index (χ3v) is 5.78. The first-order chi connectivity index (χ1) is 13.0. The van der Waals surface area contributed by atoms with Crippen molar-refractivity contribution < 1.29 is 4.79 Å². The van der Waals surface area contributed by atoms with Gasteiger partial charge < -0.3 is 9.80 Å². The second-order valence-corrected chi connectivity index (χ2v) is 7.91. The topological polar surface area (TPSA) is 70.4 Å².